The Bertz CT molecular complexity index is 223. The van der Waals surface area contributed by atoms with Gasteiger partial charge in [-0.25, -0.2) is 4.98 Å². The van der Waals surface area contributed by atoms with Crippen molar-refractivity contribution in [2.75, 3.05) is 0 Å². The first-order valence-electron chi connectivity index (χ1n) is 2.66. The van der Waals surface area contributed by atoms with E-state index in [0.717, 1.165) is 11.3 Å². The van der Waals surface area contributed by atoms with Crippen molar-refractivity contribution in [3.63, 3.8) is 0 Å². The highest BCUT2D eigenvalue weighted by Gasteiger charge is 2.37. The molecule has 6 heteroatoms. The minimum atomic E-state index is -3.30. The van der Waals surface area contributed by atoms with E-state index < -0.39 is 10.9 Å². The molecule has 1 rings (SSSR count). The lowest BCUT2D eigenvalue weighted by molar-refractivity contribution is -0.0295. The normalized spacial score (nSPS) is 14.9. The maximum Gasteiger partial charge on any atom is 0.333 e. The molecule has 1 aromatic rings. The van der Waals surface area contributed by atoms with Gasteiger partial charge in [-0.05, 0) is 15.9 Å². The summed E-state index contributed by atoms with van der Waals surface area (Å²) in [5.74, 6) is 0. The van der Waals surface area contributed by atoms with Crippen molar-refractivity contribution in [3.8, 4) is 0 Å². The van der Waals surface area contributed by atoms with Crippen molar-refractivity contribution in [3.05, 3.63) is 16.6 Å². The number of hydrogen-bond acceptors (Lipinski definition) is 3. The van der Waals surface area contributed by atoms with E-state index in [4.69, 9.17) is 5.11 Å². The van der Waals surface area contributed by atoms with Crippen molar-refractivity contribution in [1.29, 1.82) is 0 Å². The summed E-state index contributed by atoms with van der Waals surface area (Å²) >= 11 is 3.04. The first-order valence-corrected chi connectivity index (χ1v) is 4.33. The van der Waals surface area contributed by atoms with Crippen molar-refractivity contribution in [1.82, 2.24) is 4.98 Å². The Morgan fingerprint density at radius 3 is 2.73 bits per heavy atom. The van der Waals surface area contributed by atoms with E-state index in [2.05, 4.69) is 4.98 Å². The van der Waals surface area contributed by atoms with E-state index in [0.29, 0.717) is 0 Å². The predicted molar refractivity (Wildman–Crippen MR) is 40.9 cm³/mol. The van der Waals surface area contributed by atoms with Gasteiger partial charge in [0.15, 0.2) is 6.10 Å². The molecule has 1 aromatic heterocycles. The predicted octanol–water partition coefficient (Wildman–Crippen LogP) is 2.16. The summed E-state index contributed by atoms with van der Waals surface area (Å²) in [5.41, 5.74) is 0. The van der Waals surface area contributed by atoms with Crippen LogP contribution >= 0.6 is 27.3 Å². The van der Waals surface area contributed by atoms with Crippen molar-refractivity contribution >= 4 is 27.3 Å². The molecule has 0 aliphatic heterocycles. The topological polar surface area (TPSA) is 33.1 Å². The first kappa shape index (κ1) is 9.02. The van der Waals surface area contributed by atoms with E-state index in [1.165, 1.54) is 11.6 Å². The van der Waals surface area contributed by atoms with Crippen LogP contribution in [0, 0.1) is 0 Å². The van der Waals surface area contributed by atoms with Crippen LogP contribution in [0.3, 0.4) is 0 Å². The summed E-state index contributed by atoms with van der Waals surface area (Å²) in [4.78, 5) is 0.240. The standard InChI is InChI=1S/C5H4BrF2NOS/c6-5(7,8)3(10)4-9-1-2-11-4/h1-3,10H. The molecule has 1 heterocycles. The summed E-state index contributed by atoms with van der Waals surface area (Å²) < 4.78 is 24.6. The van der Waals surface area contributed by atoms with E-state index in [1.807, 2.05) is 15.9 Å². The van der Waals surface area contributed by atoms with Gasteiger partial charge in [-0.3, -0.25) is 0 Å². The third-order valence-corrected chi connectivity index (χ3v) is 2.26. The van der Waals surface area contributed by atoms with Crippen LogP contribution in [0.2, 0.25) is 0 Å². The Kier molecular flexibility index (Phi) is 2.56. The second-order valence-corrected chi connectivity index (χ2v) is 3.80. The fraction of sp³-hybridized carbons (Fsp3) is 0.400. The van der Waals surface area contributed by atoms with Gasteiger partial charge in [0.05, 0.1) is 0 Å². The number of rotatable bonds is 2. The summed E-state index contributed by atoms with van der Waals surface area (Å²) in [6.07, 6.45) is -0.496. The Morgan fingerprint density at radius 1 is 1.73 bits per heavy atom. The molecule has 2 nitrogen and oxygen atoms in total. The number of nitrogens with zero attached hydrogens (tertiary/aromatic N) is 1. The number of aliphatic hydroxyl groups is 1. The Labute approximate surface area is 74.0 Å². The molecule has 0 saturated carbocycles. The highest BCUT2D eigenvalue weighted by molar-refractivity contribution is 9.10. The van der Waals surface area contributed by atoms with Gasteiger partial charge < -0.3 is 5.11 Å². The van der Waals surface area contributed by atoms with Gasteiger partial charge in [0.25, 0.3) is 0 Å². The van der Waals surface area contributed by atoms with Crippen molar-refractivity contribution in [2.45, 2.75) is 10.9 Å². The lowest BCUT2D eigenvalue weighted by Gasteiger charge is -2.12. The Morgan fingerprint density at radius 2 is 2.36 bits per heavy atom. The van der Waals surface area contributed by atoms with Crippen LogP contribution < -0.4 is 0 Å². The van der Waals surface area contributed by atoms with Crippen LogP contribution in [0.25, 0.3) is 0 Å². The van der Waals surface area contributed by atoms with E-state index >= 15 is 0 Å². The molecule has 0 amide bonds. The van der Waals surface area contributed by atoms with Crippen LogP contribution in [-0.4, -0.2) is 14.9 Å². The molecule has 0 saturated heterocycles. The molecule has 0 fully saturated rings. The second kappa shape index (κ2) is 3.12. The third-order valence-electron chi connectivity index (χ3n) is 0.995. The number of thiazole rings is 1. The van der Waals surface area contributed by atoms with Gasteiger partial charge >= 0.3 is 4.83 Å². The molecule has 0 radical (unpaired) electrons. The largest absolute Gasteiger partial charge is 0.379 e. The molecular weight excluding hydrogens is 240 g/mol. The average molecular weight is 244 g/mol. The zero-order valence-electron chi connectivity index (χ0n) is 5.17. The molecular formula is C5H4BrF2NOS. The van der Waals surface area contributed by atoms with Crippen LogP contribution in [0.4, 0.5) is 8.78 Å². The van der Waals surface area contributed by atoms with Crippen LogP contribution in [0.1, 0.15) is 11.1 Å². The number of aliphatic hydroxyl groups excluding tert-OH is 1. The first-order chi connectivity index (χ1) is 5.02. The van der Waals surface area contributed by atoms with Gasteiger partial charge in [-0.2, -0.15) is 8.78 Å². The Balaban J connectivity index is 2.78. The molecule has 0 aliphatic carbocycles. The molecule has 0 spiro atoms. The highest BCUT2D eigenvalue weighted by atomic mass is 79.9. The van der Waals surface area contributed by atoms with E-state index in [-0.39, 0.29) is 5.01 Å². The van der Waals surface area contributed by atoms with Crippen molar-refractivity contribution in [2.24, 2.45) is 0 Å². The number of halogens is 3. The lowest BCUT2D eigenvalue weighted by Crippen LogP contribution is -2.17. The second-order valence-electron chi connectivity index (χ2n) is 1.81. The van der Waals surface area contributed by atoms with Gasteiger partial charge in [-0.15, -0.1) is 11.3 Å². The fourth-order valence-electron chi connectivity index (χ4n) is 0.510. The van der Waals surface area contributed by atoms with Crippen molar-refractivity contribution < 1.29 is 13.9 Å². The number of hydrogen-bond donors (Lipinski definition) is 1. The minimum Gasteiger partial charge on any atom is -0.379 e. The molecule has 1 unspecified atom stereocenters. The fourth-order valence-corrected chi connectivity index (χ4v) is 1.54. The molecule has 1 N–H and O–H groups in total. The van der Waals surface area contributed by atoms with Gasteiger partial charge in [0.1, 0.15) is 5.01 Å². The average Bonchev–Trinajstić information content (AvgIpc) is 2.34. The monoisotopic (exact) mass is 243 g/mol. The summed E-state index contributed by atoms with van der Waals surface area (Å²) in [7, 11) is 0. The maximum atomic E-state index is 12.3. The summed E-state index contributed by atoms with van der Waals surface area (Å²) in [6.45, 7) is 0. The summed E-state index contributed by atoms with van der Waals surface area (Å²) in [5, 5.41) is 10.4. The number of aromatic nitrogens is 1. The Hall–Kier alpha value is -0.0700. The number of alkyl halides is 3. The zero-order valence-corrected chi connectivity index (χ0v) is 7.57. The van der Waals surface area contributed by atoms with Gasteiger partial charge in [0, 0.05) is 11.6 Å². The van der Waals surface area contributed by atoms with Gasteiger partial charge in [-0.1, -0.05) is 0 Å². The smallest absolute Gasteiger partial charge is 0.333 e. The molecule has 0 aromatic carbocycles. The molecule has 0 aliphatic rings. The minimum absolute atomic E-state index is 0.00637. The van der Waals surface area contributed by atoms with Crippen LogP contribution in [-0.2, 0) is 0 Å². The highest BCUT2D eigenvalue weighted by Crippen LogP contribution is 2.36. The quantitative estimate of drug-likeness (QED) is 0.808. The molecule has 0 bridgehead atoms. The molecule has 62 valence electrons. The van der Waals surface area contributed by atoms with E-state index in [9.17, 15) is 8.78 Å². The van der Waals surface area contributed by atoms with Gasteiger partial charge in [0.2, 0.25) is 0 Å². The third kappa shape index (κ3) is 2.18. The zero-order chi connectivity index (χ0) is 8.48. The summed E-state index contributed by atoms with van der Waals surface area (Å²) in [6, 6.07) is 0. The molecule has 11 heavy (non-hydrogen) atoms. The van der Waals surface area contributed by atoms with E-state index in [1.54, 1.807) is 0 Å². The van der Waals surface area contributed by atoms with Crippen LogP contribution in [0.5, 0.6) is 0 Å². The lowest BCUT2D eigenvalue weighted by atomic mass is 10.4. The maximum absolute atomic E-state index is 12.3. The van der Waals surface area contributed by atoms with Crippen LogP contribution in [0.15, 0.2) is 11.6 Å². The molecule has 1 atom stereocenters. The SMILES string of the molecule is OC(c1nccs1)C(F)(F)Br.